The number of carbonyl (C=O) groups excluding carboxylic acids is 5. The smallest absolute Gasteiger partial charge is 0.435 e. The van der Waals surface area contributed by atoms with E-state index >= 15 is 0 Å². The van der Waals surface area contributed by atoms with E-state index in [0.717, 1.165) is 56.8 Å². The van der Waals surface area contributed by atoms with E-state index in [-0.39, 0.29) is 81.2 Å². The normalized spacial score (nSPS) is 37.8. The van der Waals surface area contributed by atoms with E-state index in [0.29, 0.717) is 31.2 Å². The van der Waals surface area contributed by atoms with Gasteiger partial charge in [-0.2, -0.15) is 23.0 Å². The van der Waals surface area contributed by atoms with Gasteiger partial charge in [0.1, 0.15) is 17.3 Å². The fourth-order valence-electron chi connectivity index (χ4n) is 15.0. The number of nitrogens with zero attached hydrogens (tertiary/aromatic N) is 2. The van der Waals surface area contributed by atoms with Gasteiger partial charge in [-0.25, -0.2) is 4.79 Å². The predicted molar refractivity (Wildman–Crippen MR) is 225 cm³/mol. The first kappa shape index (κ1) is 46.3. The first-order valence-corrected chi connectivity index (χ1v) is 23.2. The van der Waals surface area contributed by atoms with Crippen molar-refractivity contribution in [2.24, 2.45) is 62.6 Å². The molecule has 8 rings (SSSR count). The lowest BCUT2D eigenvalue weighted by Gasteiger charge is -2.72. The van der Waals surface area contributed by atoms with Crippen LogP contribution in [0, 0.1) is 62.6 Å². The highest BCUT2D eigenvalue weighted by molar-refractivity contribution is 6.04. The van der Waals surface area contributed by atoms with Crippen molar-refractivity contribution in [3.63, 3.8) is 0 Å². The van der Waals surface area contributed by atoms with Crippen molar-refractivity contribution in [2.75, 3.05) is 7.11 Å². The van der Waals surface area contributed by atoms with Crippen molar-refractivity contribution in [1.82, 2.24) is 20.4 Å². The van der Waals surface area contributed by atoms with E-state index in [1.807, 2.05) is 27.7 Å². The zero-order valence-electron chi connectivity index (χ0n) is 38.8. The SMILES string of the molecule is COC(=O)n1nc(C(F)(F)F)cc1C(=O)NC1(C(=O)N[C@@]23CC[C@]4(C)[C@H](CC[C@@H]5[C@@]6(C)CC[C@H](OC(=O)[C@H]7C[C@@H](C(=O)O)C7(C)C)C(C)(C)[C@@H]6CC[C@]54C)C2=C(C(C)C)C(=O)C3)CC1. The number of halogens is 3. The Morgan fingerprint density at radius 2 is 1.52 bits per heavy atom. The monoisotopic (exact) mass is 898 g/mol. The lowest BCUT2D eigenvalue weighted by molar-refractivity contribution is -0.235. The van der Waals surface area contributed by atoms with Crippen LogP contribution in [0.3, 0.4) is 0 Å². The minimum Gasteiger partial charge on any atom is -0.481 e. The number of esters is 1. The molecule has 2 amide bonds. The number of aliphatic carboxylic acids is 1. The Morgan fingerprint density at radius 3 is 2.09 bits per heavy atom. The van der Waals surface area contributed by atoms with Gasteiger partial charge >= 0.3 is 24.2 Å². The Labute approximate surface area is 372 Å². The Morgan fingerprint density at radius 1 is 0.844 bits per heavy atom. The lowest BCUT2D eigenvalue weighted by Crippen LogP contribution is -2.68. The molecule has 0 saturated heterocycles. The molecule has 16 heteroatoms. The summed E-state index contributed by atoms with van der Waals surface area (Å²) in [5, 5.41) is 18.9. The number of carboxylic acids is 1. The molecule has 1 aromatic heterocycles. The molecule has 352 valence electrons. The van der Waals surface area contributed by atoms with Crippen molar-refractivity contribution in [3.8, 4) is 0 Å². The van der Waals surface area contributed by atoms with Crippen LogP contribution < -0.4 is 10.6 Å². The van der Waals surface area contributed by atoms with Crippen LogP contribution in [0.15, 0.2) is 17.2 Å². The molecule has 10 atom stereocenters. The second-order valence-corrected chi connectivity index (χ2v) is 22.8. The Kier molecular flexibility index (Phi) is 10.6. The number of rotatable bonds is 8. The topological polar surface area (TPSA) is 183 Å². The number of fused-ring (bicyclic) bond motifs is 7. The van der Waals surface area contributed by atoms with Crippen LogP contribution in [-0.2, 0) is 34.8 Å². The molecule has 0 bridgehead atoms. The average molecular weight is 899 g/mol. The second-order valence-electron chi connectivity index (χ2n) is 22.8. The molecule has 0 aromatic carbocycles. The van der Waals surface area contributed by atoms with Gasteiger partial charge in [-0.15, -0.1) is 0 Å². The molecule has 1 aromatic rings. The molecule has 64 heavy (non-hydrogen) atoms. The van der Waals surface area contributed by atoms with Gasteiger partial charge in [-0.1, -0.05) is 62.3 Å². The number of alkyl halides is 3. The first-order valence-electron chi connectivity index (χ1n) is 23.2. The lowest BCUT2D eigenvalue weighted by atomic mass is 9.33. The molecule has 0 radical (unpaired) electrons. The number of nitrogens with one attached hydrogen (secondary N) is 2. The maximum absolute atomic E-state index is 14.5. The van der Waals surface area contributed by atoms with Crippen LogP contribution in [-0.4, -0.2) is 74.8 Å². The van der Waals surface area contributed by atoms with E-state index in [1.165, 1.54) is 0 Å². The van der Waals surface area contributed by atoms with E-state index in [2.05, 4.69) is 55.1 Å². The third-order valence-electron chi connectivity index (χ3n) is 18.9. The van der Waals surface area contributed by atoms with Crippen molar-refractivity contribution in [1.29, 1.82) is 0 Å². The number of carboxylic acid groups (broad SMARTS) is 1. The summed E-state index contributed by atoms with van der Waals surface area (Å²) in [5.74, 6) is -3.34. The molecule has 7 aliphatic carbocycles. The number of ketones is 1. The summed E-state index contributed by atoms with van der Waals surface area (Å²) in [6.07, 6.45) is 0.715. The molecule has 1 heterocycles. The minimum absolute atomic E-state index is 0.00794. The highest BCUT2D eigenvalue weighted by Crippen LogP contribution is 2.76. The molecule has 13 nitrogen and oxygen atoms in total. The van der Waals surface area contributed by atoms with Gasteiger partial charge in [-0.05, 0) is 127 Å². The summed E-state index contributed by atoms with van der Waals surface area (Å²) < 4.78 is 52.1. The largest absolute Gasteiger partial charge is 0.481 e. The maximum Gasteiger partial charge on any atom is 0.435 e. The standard InChI is InChI=1S/C48H65F3N4O9/c1-24(2)34-29(56)23-47(53-39(61)46(19-20-46)52-36(57)28-22-32(48(49,50)51)54-55(28)40(62)63-10)18-17-44(8)25(35(34)47)11-12-31-43(7)15-14-33(42(5,6)30(43)13-16-45(31,44)9)64-38(60)27-21-26(37(58)59)41(27,3)4/h22,24-27,30-31,33H,11-21,23H2,1-10H3,(H,52,57)(H,53,61)(H,58,59)/t25-,26+,27-,30+,31-,33+,43+,44-,45-,47-/m1/s1. The molecule has 6 fully saturated rings. The summed E-state index contributed by atoms with van der Waals surface area (Å²) in [7, 11) is 0.951. The van der Waals surface area contributed by atoms with Gasteiger partial charge in [0.15, 0.2) is 11.5 Å². The van der Waals surface area contributed by atoms with E-state index in [4.69, 9.17) is 4.74 Å². The highest BCUT2D eigenvalue weighted by atomic mass is 19.4. The molecule has 0 aliphatic heterocycles. The van der Waals surface area contributed by atoms with Gasteiger partial charge in [0, 0.05) is 17.9 Å². The molecule has 6 saturated carbocycles. The van der Waals surface area contributed by atoms with Gasteiger partial charge in [0.05, 0.1) is 24.5 Å². The Hall–Kier alpha value is -4.24. The number of Topliss-reactive ketones (excluding diaryl/α,β-unsaturated/α-hetero) is 1. The number of allylic oxidation sites excluding steroid dienone is 1. The number of amides is 2. The number of aromatic nitrogens is 2. The number of hydrogen-bond donors (Lipinski definition) is 3. The Bertz CT molecular complexity index is 2240. The quantitative estimate of drug-likeness (QED) is 0.215. The fourth-order valence-corrected chi connectivity index (χ4v) is 15.0. The summed E-state index contributed by atoms with van der Waals surface area (Å²) >= 11 is 0. The van der Waals surface area contributed by atoms with Crippen LogP contribution >= 0.6 is 0 Å². The summed E-state index contributed by atoms with van der Waals surface area (Å²) in [6.45, 7) is 19.4. The van der Waals surface area contributed by atoms with Crippen LogP contribution in [0.2, 0.25) is 0 Å². The van der Waals surface area contributed by atoms with Crippen LogP contribution in [0.5, 0.6) is 0 Å². The summed E-state index contributed by atoms with van der Waals surface area (Å²) in [6, 6.07) is 0.453. The van der Waals surface area contributed by atoms with E-state index in [9.17, 15) is 47.0 Å². The van der Waals surface area contributed by atoms with Crippen molar-refractivity contribution in [3.05, 3.63) is 28.6 Å². The minimum atomic E-state index is -4.95. The van der Waals surface area contributed by atoms with Gasteiger partial charge in [-0.3, -0.25) is 24.0 Å². The highest BCUT2D eigenvalue weighted by Gasteiger charge is 2.71. The molecule has 3 N–H and O–H groups in total. The summed E-state index contributed by atoms with van der Waals surface area (Å²) in [5.41, 5.74) is -4.34. The maximum atomic E-state index is 14.5. The summed E-state index contributed by atoms with van der Waals surface area (Å²) in [4.78, 5) is 80.2. The number of methoxy groups -OCH3 is 1. The fraction of sp³-hybridized carbons (Fsp3) is 0.771. The van der Waals surface area contributed by atoms with E-state index < -0.39 is 69.8 Å². The van der Waals surface area contributed by atoms with Gasteiger partial charge in [0.25, 0.3) is 5.91 Å². The van der Waals surface area contributed by atoms with E-state index in [1.54, 1.807) is 0 Å². The van der Waals surface area contributed by atoms with Crippen LogP contribution in [0.25, 0.3) is 0 Å². The average Bonchev–Trinajstić information content (AvgIpc) is 3.70. The Balaban J connectivity index is 1.04. The van der Waals surface area contributed by atoms with Gasteiger partial charge in [0.2, 0.25) is 5.91 Å². The molecule has 0 spiro atoms. The molecule has 7 aliphatic rings. The van der Waals surface area contributed by atoms with Crippen molar-refractivity contribution >= 4 is 35.6 Å². The zero-order valence-corrected chi connectivity index (χ0v) is 38.8. The number of carbonyl (C=O) groups is 6. The number of hydrogen-bond acceptors (Lipinski definition) is 9. The van der Waals surface area contributed by atoms with Crippen molar-refractivity contribution in [2.45, 2.75) is 163 Å². The van der Waals surface area contributed by atoms with Crippen molar-refractivity contribution < 1.29 is 56.5 Å². The third kappa shape index (κ3) is 6.53. The molecular formula is C48H65F3N4O9. The predicted octanol–water partition coefficient (Wildman–Crippen LogP) is 8.29. The van der Waals surface area contributed by atoms with Crippen LogP contribution in [0.4, 0.5) is 18.0 Å². The van der Waals surface area contributed by atoms with Crippen LogP contribution in [0.1, 0.15) is 156 Å². The van der Waals surface area contributed by atoms with Gasteiger partial charge < -0.3 is 25.2 Å². The number of ether oxygens (including phenoxy) is 2. The first-order chi connectivity index (χ1) is 29.5. The molecular weight excluding hydrogens is 834 g/mol. The third-order valence-corrected chi connectivity index (χ3v) is 18.9. The second kappa shape index (κ2) is 14.6. The zero-order chi connectivity index (χ0) is 47.1. The molecule has 0 unspecified atom stereocenters.